The molecule has 1 aliphatic rings. The van der Waals surface area contributed by atoms with Crippen LogP contribution in [0.2, 0.25) is 0 Å². The molecule has 1 N–H and O–H groups in total. The predicted octanol–water partition coefficient (Wildman–Crippen LogP) is 1.92. The Labute approximate surface area is 147 Å². The average molecular weight is 341 g/mol. The molecule has 1 amide bonds. The first-order valence-electron chi connectivity index (χ1n) is 8.28. The highest BCUT2D eigenvalue weighted by Crippen LogP contribution is 2.28. The van der Waals surface area contributed by atoms with E-state index in [9.17, 15) is 4.79 Å². The molecule has 0 radical (unpaired) electrons. The summed E-state index contributed by atoms with van der Waals surface area (Å²) in [7, 11) is 3.68. The summed E-state index contributed by atoms with van der Waals surface area (Å²) in [6, 6.07) is 7.53. The summed E-state index contributed by atoms with van der Waals surface area (Å²) in [6.45, 7) is 5.19. The van der Waals surface area contributed by atoms with E-state index in [0.717, 1.165) is 30.1 Å². The van der Waals surface area contributed by atoms with Gasteiger partial charge in [0.05, 0.1) is 12.8 Å². The van der Waals surface area contributed by atoms with Gasteiger partial charge in [0, 0.05) is 32.2 Å². The molecule has 1 aromatic carbocycles. The molecule has 25 heavy (non-hydrogen) atoms. The maximum Gasteiger partial charge on any atom is 0.272 e. The zero-order valence-electron chi connectivity index (χ0n) is 14.8. The normalized spacial score (nSPS) is 15.1. The number of carbonyl (C=O) groups excluding carboxylic acids is 1. The van der Waals surface area contributed by atoms with Crippen LogP contribution in [0.5, 0.6) is 5.75 Å². The second kappa shape index (κ2) is 7.48. The van der Waals surface area contributed by atoms with Crippen molar-refractivity contribution >= 4 is 17.4 Å². The van der Waals surface area contributed by atoms with Crippen molar-refractivity contribution in [2.45, 2.75) is 6.92 Å². The molecule has 1 saturated heterocycles. The number of aryl methyl sites for hydroxylation is 1. The lowest BCUT2D eigenvalue weighted by molar-refractivity contribution is 0.0658. The molecule has 1 fully saturated rings. The summed E-state index contributed by atoms with van der Waals surface area (Å²) in [4.78, 5) is 25.1. The van der Waals surface area contributed by atoms with Gasteiger partial charge in [-0.1, -0.05) is 6.07 Å². The highest BCUT2D eigenvalue weighted by atomic mass is 16.5. The molecule has 0 saturated carbocycles. The van der Waals surface area contributed by atoms with E-state index < -0.39 is 0 Å². The number of ether oxygens (including phenoxy) is 1. The van der Waals surface area contributed by atoms with E-state index in [4.69, 9.17) is 4.74 Å². The van der Waals surface area contributed by atoms with Gasteiger partial charge >= 0.3 is 0 Å². The van der Waals surface area contributed by atoms with Crippen LogP contribution in [0, 0.1) is 6.92 Å². The summed E-state index contributed by atoms with van der Waals surface area (Å²) in [5.74, 6) is 1.22. The number of benzene rings is 1. The van der Waals surface area contributed by atoms with Gasteiger partial charge in [0.1, 0.15) is 23.6 Å². The van der Waals surface area contributed by atoms with Crippen LogP contribution in [0.25, 0.3) is 0 Å². The molecule has 0 bridgehead atoms. The maximum absolute atomic E-state index is 12.7. The minimum atomic E-state index is -0.0604. The smallest absolute Gasteiger partial charge is 0.272 e. The second-order valence-corrected chi connectivity index (χ2v) is 6.21. The Morgan fingerprint density at radius 2 is 1.92 bits per heavy atom. The fourth-order valence-electron chi connectivity index (χ4n) is 2.77. The molecule has 0 atom stereocenters. The summed E-state index contributed by atoms with van der Waals surface area (Å²) >= 11 is 0. The lowest BCUT2D eigenvalue weighted by Gasteiger charge is -2.32. The number of piperazine rings is 1. The molecular weight excluding hydrogens is 318 g/mol. The quantitative estimate of drug-likeness (QED) is 0.916. The fraction of sp³-hybridized carbons (Fsp3) is 0.389. The summed E-state index contributed by atoms with van der Waals surface area (Å²) < 4.78 is 5.37. The van der Waals surface area contributed by atoms with Crippen molar-refractivity contribution in [3.8, 4) is 5.75 Å². The van der Waals surface area contributed by atoms with Crippen molar-refractivity contribution in [1.29, 1.82) is 0 Å². The number of likely N-dealkylation sites (N-methyl/N-ethyl adjacent to an activating group) is 1. The van der Waals surface area contributed by atoms with E-state index in [1.54, 1.807) is 13.2 Å². The summed E-state index contributed by atoms with van der Waals surface area (Å²) in [6.07, 6.45) is 1.41. The van der Waals surface area contributed by atoms with Crippen molar-refractivity contribution in [2.75, 3.05) is 45.7 Å². The zero-order valence-corrected chi connectivity index (χ0v) is 14.8. The highest BCUT2D eigenvalue weighted by Gasteiger charge is 2.21. The van der Waals surface area contributed by atoms with Gasteiger partial charge in [-0.05, 0) is 31.7 Å². The van der Waals surface area contributed by atoms with Crippen LogP contribution in [-0.2, 0) is 0 Å². The Morgan fingerprint density at radius 1 is 1.16 bits per heavy atom. The van der Waals surface area contributed by atoms with Crippen molar-refractivity contribution in [3.63, 3.8) is 0 Å². The second-order valence-electron chi connectivity index (χ2n) is 6.21. The van der Waals surface area contributed by atoms with Crippen LogP contribution in [0.4, 0.5) is 11.5 Å². The topological polar surface area (TPSA) is 70.6 Å². The molecule has 3 rings (SSSR count). The van der Waals surface area contributed by atoms with Gasteiger partial charge in [-0.15, -0.1) is 0 Å². The minimum absolute atomic E-state index is 0.0604. The lowest BCUT2D eigenvalue weighted by atomic mass is 10.2. The number of hydrogen-bond acceptors (Lipinski definition) is 6. The largest absolute Gasteiger partial charge is 0.495 e. The number of carbonyl (C=O) groups is 1. The Balaban J connectivity index is 1.78. The van der Waals surface area contributed by atoms with Crippen molar-refractivity contribution in [2.24, 2.45) is 0 Å². The van der Waals surface area contributed by atoms with E-state index in [0.29, 0.717) is 24.6 Å². The van der Waals surface area contributed by atoms with Gasteiger partial charge in [0.25, 0.3) is 5.91 Å². The summed E-state index contributed by atoms with van der Waals surface area (Å²) in [5, 5.41) is 3.21. The van der Waals surface area contributed by atoms with E-state index in [2.05, 4.69) is 27.2 Å². The third kappa shape index (κ3) is 4.06. The van der Waals surface area contributed by atoms with Crippen molar-refractivity contribution < 1.29 is 9.53 Å². The van der Waals surface area contributed by atoms with Crippen LogP contribution >= 0.6 is 0 Å². The standard InChI is InChI=1S/C18H23N5O2/c1-13-4-5-16(25-3)14(10-13)21-17-11-15(19-12-20-17)18(24)23-8-6-22(2)7-9-23/h4-5,10-12H,6-9H2,1-3H3,(H,19,20,21). The number of methoxy groups -OCH3 is 1. The molecule has 2 aromatic rings. The fourth-order valence-corrected chi connectivity index (χ4v) is 2.77. The number of rotatable bonds is 4. The Bertz CT molecular complexity index is 757. The number of aromatic nitrogens is 2. The first kappa shape index (κ1) is 17.2. The van der Waals surface area contributed by atoms with Crippen LogP contribution in [-0.4, -0.2) is 66.0 Å². The molecule has 1 aromatic heterocycles. The molecule has 0 spiro atoms. The Morgan fingerprint density at radius 3 is 2.64 bits per heavy atom. The van der Waals surface area contributed by atoms with Crippen molar-refractivity contribution in [3.05, 3.63) is 41.9 Å². The number of hydrogen-bond donors (Lipinski definition) is 1. The van der Waals surface area contributed by atoms with E-state index in [-0.39, 0.29) is 5.91 Å². The van der Waals surface area contributed by atoms with Crippen LogP contribution in [0.3, 0.4) is 0 Å². The molecule has 1 aliphatic heterocycles. The van der Waals surface area contributed by atoms with Gasteiger partial charge in [0.15, 0.2) is 0 Å². The number of nitrogens with one attached hydrogen (secondary N) is 1. The van der Waals surface area contributed by atoms with Crippen LogP contribution in [0.15, 0.2) is 30.6 Å². The van der Waals surface area contributed by atoms with E-state index >= 15 is 0 Å². The van der Waals surface area contributed by atoms with Crippen LogP contribution in [0.1, 0.15) is 16.1 Å². The Hall–Kier alpha value is -2.67. The maximum atomic E-state index is 12.7. The van der Waals surface area contributed by atoms with Crippen LogP contribution < -0.4 is 10.1 Å². The molecule has 132 valence electrons. The number of nitrogens with zero attached hydrogens (tertiary/aromatic N) is 4. The minimum Gasteiger partial charge on any atom is -0.495 e. The molecule has 0 unspecified atom stereocenters. The molecule has 7 heteroatoms. The molecule has 0 aliphatic carbocycles. The van der Waals surface area contributed by atoms with Gasteiger partial charge in [0.2, 0.25) is 0 Å². The number of amides is 1. The third-order valence-electron chi connectivity index (χ3n) is 4.29. The lowest BCUT2D eigenvalue weighted by Crippen LogP contribution is -2.47. The number of anilines is 2. The first-order valence-corrected chi connectivity index (χ1v) is 8.28. The van der Waals surface area contributed by atoms with E-state index in [1.165, 1.54) is 6.33 Å². The van der Waals surface area contributed by atoms with Gasteiger partial charge in [-0.3, -0.25) is 4.79 Å². The predicted molar refractivity (Wildman–Crippen MR) is 96.4 cm³/mol. The van der Waals surface area contributed by atoms with Gasteiger partial charge in [-0.25, -0.2) is 9.97 Å². The van der Waals surface area contributed by atoms with Gasteiger partial charge < -0.3 is 19.9 Å². The van der Waals surface area contributed by atoms with Gasteiger partial charge in [-0.2, -0.15) is 0 Å². The first-order chi connectivity index (χ1) is 12.1. The zero-order chi connectivity index (χ0) is 17.8. The Kier molecular flexibility index (Phi) is 5.14. The summed E-state index contributed by atoms with van der Waals surface area (Å²) in [5.41, 5.74) is 2.30. The highest BCUT2D eigenvalue weighted by molar-refractivity contribution is 5.93. The SMILES string of the molecule is COc1ccc(C)cc1Nc1cc(C(=O)N2CCN(C)CC2)ncn1. The third-order valence-corrected chi connectivity index (χ3v) is 4.29. The molecule has 2 heterocycles. The monoisotopic (exact) mass is 341 g/mol. The molecule has 7 nitrogen and oxygen atoms in total. The molecular formula is C18H23N5O2. The average Bonchev–Trinajstić information content (AvgIpc) is 2.62. The van der Waals surface area contributed by atoms with Crippen molar-refractivity contribution in [1.82, 2.24) is 19.8 Å². The van der Waals surface area contributed by atoms with E-state index in [1.807, 2.05) is 30.0 Å².